The molecule has 4 heteroatoms. The minimum Gasteiger partial charge on any atom is -0.469 e. The number of hydrogen-bond acceptors (Lipinski definition) is 4. The van der Waals surface area contributed by atoms with E-state index in [1.54, 1.807) is 17.6 Å². The van der Waals surface area contributed by atoms with Gasteiger partial charge >= 0.3 is 0 Å². The van der Waals surface area contributed by atoms with Gasteiger partial charge in [0.2, 0.25) is 0 Å². The number of nitrogens with one attached hydrogen (secondary N) is 1. The molecule has 0 radical (unpaired) electrons. The molecule has 0 aliphatic heterocycles. The van der Waals surface area contributed by atoms with Gasteiger partial charge < -0.3 is 9.73 Å². The van der Waals surface area contributed by atoms with E-state index in [-0.39, 0.29) is 0 Å². The van der Waals surface area contributed by atoms with Crippen molar-refractivity contribution in [3.63, 3.8) is 0 Å². The lowest BCUT2D eigenvalue weighted by molar-refractivity contribution is 0.452. The van der Waals surface area contributed by atoms with Crippen LogP contribution in [0, 0.1) is 0 Å². The summed E-state index contributed by atoms with van der Waals surface area (Å²) in [5.74, 6) is 1.02. The van der Waals surface area contributed by atoms with E-state index >= 15 is 0 Å². The fraction of sp³-hybridized carbons (Fsp3) is 0.417. The Kier molecular flexibility index (Phi) is 4.13. The number of hydrogen-bond donors (Lipinski definition) is 1. The van der Waals surface area contributed by atoms with Gasteiger partial charge in [-0.05, 0) is 25.1 Å². The first kappa shape index (κ1) is 11.4. The summed E-state index contributed by atoms with van der Waals surface area (Å²) < 4.78 is 5.39. The van der Waals surface area contributed by atoms with E-state index in [0.717, 1.165) is 25.1 Å². The maximum atomic E-state index is 5.39. The third-order valence-electron chi connectivity index (χ3n) is 2.42. The topological polar surface area (TPSA) is 38.1 Å². The van der Waals surface area contributed by atoms with Crippen LogP contribution in [0.15, 0.2) is 34.5 Å². The van der Waals surface area contributed by atoms with Crippen LogP contribution in [0.3, 0.4) is 0 Å². The Labute approximate surface area is 99.5 Å². The molecule has 0 spiro atoms. The van der Waals surface area contributed by atoms with Crippen LogP contribution >= 0.6 is 11.3 Å². The summed E-state index contributed by atoms with van der Waals surface area (Å²) in [6.07, 6.45) is 5.67. The number of thiazole rings is 1. The Balaban J connectivity index is 2.03. The van der Waals surface area contributed by atoms with Crippen molar-refractivity contribution < 1.29 is 4.42 Å². The summed E-state index contributed by atoms with van der Waals surface area (Å²) >= 11 is 1.69. The summed E-state index contributed by atoms with van der Waals surface area (Å²) in [4.78, 5) is 5.40. The first-order chi connectivity index (χ1) is 7.90. The van der Waals surface area contributed by atoms with Gasteiger partial charge in [0, 0.05) is 17.5 Å². The van der Waals surface area contributed by atoms with Gasteiger partial charge in [-0.25, -0.2) is 0 Å². The number of furan rings is 1. The van der Waals surface area contributed by atoms with Crippen LogP contribution in [-0.4, -0.2) is 11.5 Å². The fourth-order valence-corrected chi connectivity index (χ4v) is 2.32. The van der Waals surface area contributed by atoms with Crippen LogP contribution in [0.2, 0.25) is 0 Å². The van der Waals surface area contributed by atoms with E-state index in [1.807, 2.05) is 23.8 Å². The lowest BCUT2D eigenvalue weighted by Crippen LogP contribution is -2.23. The number of rotatable bonds is 6. The molecule has 0 saturated carbocycles. The molecule has 1 N–H and O–H groups in total. The van der Waals surface area contributed by atoms with Gasteiger partial charge in [-0.3, -0.25) is 4.98 Å². The van der Waals surface area contributed by atoms with Crippen LogP contribution in [0.25, 0.3) is 0 Å². The van der Waals surface area contributed by atoms with Crippen molar-refractivity contribution in [3.8, 4) is 0 Å². The van der Waals surface area contributed by atoms with Crippen molar-refractivity contribution in [3.05, 3.63) is 40.7 Å². The van der Waals surface area contributed by atoms with E-state index < -0.39 is 0 Å². The zero-order valence-electron chi connectivity index (χ0n) is 9.35. The van der Waals surface area contributed by atoms with Crippen molar-refractivity contribution in [1.29, 1.82) is 0 Å². The molecule has 0 amide bonds. The summed E-state index contributed by atoms with van der Waals surface area (Å²) in [5.41, 5.74) is 1.87. The molecule has 16 heavy (non-hydrogen) atoms. The van der Waals surface area contributed by atoms with Crippen molar-refractivity contribution in [2.24, 2.45) is 0 Å². The highest BCUT2D eigenvalue weighted by Gasteiger charge is 2.14. The third kappa shape index (κ3) is 2.93. The summed E-state index contributed by atoms with van der Waals surface area (Å²) in [5, 5.41) is 3.52. The number of nitrogens with zero attached hydrogens (tertiary/aromatic N) is 1. The quantitative estimate of drug-likeness (QED) is 0.837. The Bertz CT molecular complexity index is 383. The fourth-order valence-electron chi connectivity index (χ4n) is 1.62. The Morgan fingerprint density at radius 3 is 3.12 bits per heavy atom. The van der Waals surface area contributed by atoms with E-state index in [9.17, 15) is 0 Å². The predicted molar refractivity (Wildman–Crippen MR) is 65.6 cm³/mol. The third-order valence-corrected chi connectivity index (χ3v) is 3.31. The second-order valence-electron chi connectivity index (χ2n) is 3.69. The van der Waals surface area contributed by atoms with Crippen LogP contribution in [-0.2, 0) is 6.42 Å². The maximum absolute atomic E-state index is 5.39. The van der Waals surface area contributed by atoms with Crippen molar-refractivity contribution in [2.45, 2.75) is 25.8 Å². The van der Waals surface area contributed by atoms with E-state index in [2.05, 4.69) is 17.2 Å². The molecule has 2 aromatic heterocycles. The largest absolute Gasteiger partial charge is 0.469 e. The highest BCUT2D eigenvalue weighted by Crippen LogP contribution is 2.21. The molecule has 0 aliphatic rings. The standard InChI is InChI=1S/C12H16N2OS/c1-2-5-14-11(12-8-13-9-16-12)7-10-4-3-6-15-10/h3-4,6,8-9,11,14H,2,5,7H2,1H3. The molecule has 2 rings (SSSR count). The van der Waals surface area contributed by atoms with Gasteiger partial charge in [-0.2, -0.15) is 0 Å². The number of aromatic nitrogens is 1. The molecule has 3 nitrogen and oxygen atoms in total. The SMILES string of the molecule is CCCNC(Cc1ccco1)c1cncs1. The molecule has 0 fully saturated rings. The average molecular weight is 236 g/mol. The van der Waals surface area contributed by atoms with Crippen molar-refractivity contribution >= 4 is 11.3 Å². The molecule has 0 aromatic carbocycles. The monoisotopic (exact) mass is 236 g/mol. The van der Waals surface area contributed by atoms with Gasteiger partial charge in [-0.15, -0.1) is 11.3 Å². The zero-order valence-corrected chi connectivity index (χ0v) is 10.2. The van der Waals surface area contributed by atoms with Gasteiger partial charge in [-0.1, -0.05) is 6.92 Å². The molecule has 1 unspecified atom stereocenters. The molecule has 86 valence electrons. The van der Waals surface area contributed by atoms with E-state index in [0.29, 0.717) is 6.04 Å². The Morgan fingerprint density at radius 1 is 1.56 bits per heavy atom. The Hall–Kier alpha value is -1.13. The van der Waals surface area contributed by atoms with Crippen molar-refractivity contribution in [1.82, 2.24) is 10.3 Å². The molecular formula is C12H16N2OS. The van der Waals surface area contributed by atoms with Crippen LogP contribution < -0.4 is 5.32 Å². The van der Waals surface area contributed by atoms with E-state index in [1.165, 1.54) is 4.88 Å². The zero-order chi connectivity index (χ0) is 11.2. The molecule has 2 aromatic rings. The predicted octanol–water partition coefficient (Wildman–Crippen LogP) is 3.02. The van der Waals surface area contributed by atoms with Crippen LogP contribution in [0.5, 0.6) is 0 Å². The molecule has 0 bridgehead atoms. The lowest BCUT2D eigenvalue weighted by Gasteiger charge is -2.15. The smallest absolute Gasteiger partial charge is 0.105 e. The molecular weight excluding hydrogens is 220 g/mol. The molecule has 0 aliphatic carbocycles. The van der Waals surface area contributed by atoms with E-state index in [4.69, 9.17) is 4.42 Å². The molecule has 1 atom stereocenters. The summed E-state index contributed by atoms with van der Waals surface area (Å²) in [6.45, 7) is 3.19. The summed E-state index contributed by atoms with van der Waals surface area (Å²) in [7, 11) is 0. The van der Waals surface area contributed by atoms with Gasteiger partial charge in [0.1, 0.15) is 5.76 Å². The van der Waals surface area contributed by atoms with Gasteiger partial charge in [0.05, 0.1) is 17.8 Å². The highest BCUT2D eigenvalue weighted by atomic mass is 32.1. The second kappa shape index (κ2) is 5.82. The van der Waals surface area contributed by atoms with Gasteiger partial charge in [0.15, 0.2) is 0 Å². The average Bonchev–Trinajstić information content (AvgIpc) is 2.96. The first-order valence-corrected chi connectivity index (χ1v) is 6.42. The second-order valence-corrected chi connectivity index (χ2v) is 4.61. The van der Waals surface area contributed by atoms with Crippen LogP contribution in [0.1, 0.15) is 30.0 Å². The molecule has 2 heterocycles. The maximum Gasteiger partial charge on any atom is 0.105 e. The Morgan fingerprint density at radius 2 is 2.50 bits per heavy atom. The highest BCUT2D eigenvalue weighted by molar-refractivity contribution is 7.09. The minimum atomic E-state index is 0.318. The minimum absolute atomic E-state index is 0.318. The van der Waals surface area contributed by atoms with Gasteiger partial charge in [0.25, 0.3) is 0 Å². The summed E-state index contributed by atoms with van der Waals surface area (Å²) in [6, 6.07) is 4.26. The molecule has 0 saturated heterocycles. The normalized spacial score (nSPS) is 12.8. The van der Waals surface area contributed by atoms with Crippen molar-refractivity contribution in [2.75, 3.05) is 6.54 Å². The first-order valence-electron chi connectivity index (χ1n) is 5.54. The lowest BCUT2D eigenvalue weighted by atomic mass is 10.1. The van der Waals surface area contributed by atoms with Crippen LogP contribution in [0.4, 0.5) is 0 Å².